The predicted octanol–water partition coefficient (Wildman–Crippen LogP) is 4.73. The zero-order valence-electron chi connectivity index (χ0n) is 19.5. The number of sulfone groups is 1. The van der Waals surface area contributed by atoms with E-state index in [9.17, 15) is 18.0 Å². The van der Waals surface area contributed by atoms with Gasteiger partial charge < -0.3 is 10.3 Å². The summed E-state index contributed by atoms with van der Waals surface area (Å²) in [5.41, 5.74) is 1.69. The zero-order valence-corrected chi connectivity index (χ0v) is 21.1. The molecule has 4 aromatic rings. The molecule has 2 heterocycles. The van der Waals surface area contributed by atoms with Crippen LogP contribution in [-0.4, -0.2) is 35.7 Å². The number of aromatic amines is 1. The van der Waals surface area contributed by atoms with Crippen LogP contribution in [0.5, 0.6) is 0 Å². The first-order chi connectivity index (χ1) is 17.3. The summed E-state index contributed by atoms with van der Waals surface area (Å²) >= 11 is 6.13. The van der Waals surface area contributed by atoms with Gasteiger partial charge in [-0.1, -0.05) is 36.6 Å². The first-order valence-corrected chi connectivity index (χ1v) is 13.9. The Balaban J connectivity index is 1.31. The summed E-state index contributed by atoms with van der Waals surface area (Å²) in [4.78, 5) is 28.3. The van der Waals surface area contributed by atoms with Crippen molar-refractivity contribution in [3.05, 3.63) is 94.0 Å². The summed E-state index contributed by atoms with van der Waals surface area (Å²) in [6, 6.07) is 16.3. The second kappa shape index (κ2) is 9.95. The maximum atomic E-state index is 13.3. The average Bonchev–Trinajstić information content (AvgIpc) is 3.25. The molecule has 1 fully saturated rings. The topological polar surface area (TPSA) is 101 Å². The van der Waals surface area contributed by atoms with Crippen molar-refractivity contribution in [2.75, 3.05) is 5.75 Å². The zero-order chi connectivity index (χ0) is 25.3. The van der Waals surface area contributed by atoms with Gasteiger partial charge in [0, 0.05) is 46.7 Å². The Labute approximate surface area is 214 Å². The highest BCUT2D eigenvalue weighted by atomic mass is 35.5. The van der Waals surface area contributed by atoms with Gasteiger partial charge in [0.05, 0.1) is 15.7 Å². The van der Waals surface area contributed by atoms with Gasteiger partial charge in [-0.05, 0) is 61.2 Å². The van der Waals surface area contributed by atoms with Crippen LogP contribution in [0.2, 0.25) is 5.02 Å². The number of H-pyrrole nitrogens is 1. The highest BCUT2D eigenvalue weighted by Crippen LogP contribution is 2.29. The second-order valence-electron chi connectivity index (χ2n) is 9.21. The van der Waals surface area contributed by atoms with Crippen LogP contribution in [0, 0.1) is 5.92 Å². The SMILES string of the molecule is O=C(NC1CCCCC1CS(=O)(=O)c1ccc(-n2ccccc2=O)cc1)c1ccc2c(Cl)c[nH]c2c1. The lowest BCUT2D eigenvalue weighted by Crippen LogP contribution is -2.44. The molecule has 186 valence electrons. The largest absolute Gasteiger partial charge is 0.360 e. The maximum absolute atomic E-state index is 13.3. The molecule has 9 heteroatoms. The first-order valence-electron chi connectivity index (χ1n) is 11.9. The molecule has 36 heavy (non-hydrogen) atoms. The quantitative estimate of drug-likeness (QED) is 0.381. The lowest BCUT2D eigenvalue weighted by molar-refractivity contribution is 0.0911. The monoisotopic (exact) mass is 523 g/mol. The van der Waals surface area contributed by atoms with Crippen LogP contribution in [0.1, 0.15) is 36.0 Å². The van der Waals surface area contributed by atoms with Gasteiger partial charge in [0.2, 0.25) is 0 Å². The van der Waals surface area contributed by atoms with E-state index in [0.29, 0.717) is 16.3 Å². The van der Waals surface area contributed by atoms with Crippen molar-refractivity contribution >= 4 is 38.2 Å². The number of carbonyl (C=O) groups excluding carboxylic acids is 1. The van der Waals surface area contributed by atoms with Crippen LogP contribution >= 0.6 is 11.6 Å². The molecule has 0 radical (unpaired) electrons. The minimum Gasteiger partial charge on any atom is -0.360 e. The molecule has 0 saturated heterocycles. The van der Waals surface area contributed by atoms with Crippen molar-refractivity contribution in [2.45, 2.75) is 36.6 Å². The number of amides is 1. The minimum absolute atomic E-state index is 0.0478. The van der Waals surface area contributed by atoms with Gasteiger partial charge in [0.25, 0.3) is 11.5 Å². The number of nitrogens with zero attached hydrogens (tertiary/aromatic N) is 1. The minimum atomic E-state index is -3.59. The van der Waals surface area contributed by atoms with Crippen LogP contribution in [-0.2, 0) is 9.84 Å². The number of benzene rings is 2. The normalized spacial score (nSPS) is 18.2. The molecule has 1 aliphatic rings. The van der Waals surface area contributed by atoms with Gasteiger partial charge >= 0.3 is 0 Å². The smallest absolute Gasteiger partial charge is 0.255 e. The van der Waals surface area contributed by atoms with Crippen molar-refractivity contribution < 1.29 is 13.2 Å². The van der Waals surface area contributed by atoms with Gasteiger partial charge in [0.15, 0.2) is 9.84 Å². The number of nitrogens with one attached hydrogen (secondary N) is 2. The summed E-state index contributed by atoms with van der Waals surface area (Å²) in [6.07, 6.45) is 6.65. The number of aromatic nitrogens is 2. The molecule has 1 amide bonds. The van der Waals surface area contributed by atoms with E-state index in [2.05, 4.69) is 10.3 Å². The molecular weight excluding hydrogens is 498 g/mol. The summed E-state index contributed by atoms with van der Waals surface area (Å²) in [7, 11) is -3.59. The summed E-state index contributed by atoms with van der Waals surface area (Å²) in [5.74, 6) is -0.462. The van der Waals surface area contributed by atoms with E-state index < -0.39 is 9.84 Å². The molecule has 2 unspecified atom stereocenters. The van der Waals surface area contributed by atoms with Crippen LogP contribution < -0.4 is 10.9 Å². The summed E-state index contributed by atoms with van der Waals surface area (Å²) in [5, 5.41) is 4.52. The van der Waals surface area contributed by atoms with E-state index in [1.165, 1.54) is 22.8 Å². The number of fused-ring (bicyclic) bond motifs is 1. The molecule has 1 aliphatic carbocycles. The molecule has 5 rings (SSSR count). The van der Waals surface area contributed by atoms with Gasteiger partial charge in [-0.25, -0.2) is 8.42 Å². The fourth-order valence-electron chi connectivity index (χ4n) is 4.91. The van der Waals surface area contributed by atoms with Gasteiger partial charge in [0.1, 0.15) is 0 Å². The number of rotatable bonds is 6. The van der Waals surface area contributed by atoms with E-state index in [1.54, 1.807) is 54.9 Å². The molecule has 7 nitrogen and oxygen atoms in total. The number of pyridine rings is 1. The molecule has 0 aliphatic heterocycles. The number of hydrogen-bond acceptors (Lipinski definition) is 4. The predicted molar refractivity (Wildman–Crippen MR) is 141 cm³/mol. The fourth-order valence-corrected chi connectivity index (χ4v) is 6.84. The van der Waals surface area contributed by atoms with Crippen molar-refractivity contribution in [3.8, 4) is 5.69 Å². The van der Waals surface area contributed by atoms with Gasteiger partial charge in [-0.2, -0.15) is 0 Å². The van der Waals surface area contributed by atoms with Crippen LogP contribution in [0.4, 0.5) is 0 Å². The number of halogens is 1. The summed E-state index contributed by atoms with van der Waals surface area (Å²) in [6.45, 7) is 0. The van der Waals surface area contributed by atoms with Crippen molar-refractivity contribution in [2.24, 2.45) is 5.92 Å². The Bertz CT molecular complexity index is 1570. The Hall–Kier alpha value is -3.36. The fraction of sp³-hybridized carbons (Fsp3) is 0.259. The molecule has 2 aromatic heterocycles. The molecule has 0 bridgehead atoms. The van der Waals surface area contributed by atoms with Gasteiger partial charge in [-0.3, -0.25) is 14.2 Å². The molecular formula is C27H26ClN3O4S. The molecule has 2 aromatic carbocycles. The number of carbonyl (C=O) groups is 1. The second-order valence-corrected chi connectivity index (χ2v) is 11.6. The third kappa shape index (κ3) is 4.96. The van der Waals surface area contributed by atoms with E-state index in [-0.39, 0.29) is 34.1 Å². The lowest BCUT2D eigenvalue weighted by Gasteiger charge is -2.32. The Morgan fingerprint density at radius 1 is 1.06 bits per heavy atom. The van der Waals surface area contributed by atoms with Crippen molar-refractivity contribution in [1.82, 2.24) is 14.9 Å². The molecule has 2 atom stereocenters. The Kier molecular flexibility index (Phi) is 6.73. The number of hydrogen-bond donors (Lipinski definition) is 2. The Morgan fingerprint density at radius 3 is 2.61 bits per heavy atom. The van der Waals surface area contributed by atoms with Gasteiger partial charge in [-0.15, -0.1) is 0 Å². The van der Waals surface area contributed by atoms with E-state index in [1.807, 2.05) is 0 Å². The van der Waals surface area contributed by atoms with E-state index >= 15 is 0 Å². The van der Waals surface area contributed by atoms with Crippen molar-refractivity contribution in [3.63, 3.8) is 0 Å². The average molecular weight is 524 g/mol. The highest BCUT2D eigenvalue weighted by Gasteiger charge is 2.31. The molecule has 2 N–H and O–H groups in total. The van der Waals surface area contributed by atoms with Crippen LogP contribution in [0.3, 0.4) is 0 Å². The molecule has 1 saturated carbocycles. The first kappa shape index (κ1) is 24.3. The van der Waals surface area contributed by atoms with E-state index in [4.69, 9.17) is 11.6 Å². The van der Waals surface area contributed by atoms with E-state index in [0.717, 1.165) is 36.6 Å². The van der Waals surface area contributed by atoms with Crippen LogP contribution in [0.15, 0.2) is 82.7 Å². The maximum Gasteiger partial charge on any atom is 0.255 e. The lowest BCUT2D eigenvalue weighted by atomic mass is 9.85. The molecule has 0 spiro atoms. The van der Waals surface area contributed by atoms with Crippen LogP contribution in [0.25, 0.3) is 16.6 Å². The highest BCUT2D eigenvalue weighted by molar-refractivity contribution is 7.91. The standard InChI is InChI=1S/C27H26ClN3O4S/c28-23-16-29-25-15-18(8-13-22(23)25)27(33)30-24-6-2-1-5-19(24)17-36(34,35)21-11-9-20(10-12-21)31-14-4-3-7-26(31)32/h3-4,7-16,19,24,29H,1-2,5-6,17H2,(H,30,33). The third-order valence-electron chi connectivity index (χ3n) is 6.85. The summed E-state index contributed by atoms with van der Waals surface area (Å²) < 4.78 is 28.0. The third-order valence-corrected chi connectivity index (χ3v) is 9.02. The Morgan fingerprint density at radius 2 is 1.83 bits per heavy atom. The van der Waals surface area contributed by atoms with Crippen molar-refractivity contribution in [1.29, 1.82) is 0 Å².